The molecule has 0 radical (unpaired) electrons. The summed E-state index contributed by atoms with van der Waals surface area (Å²) >= 11 is 0. The van der Waals surface area contributed by atoms with Gasteiger partial charge in [0.25, 0.3) is 0 Å². The molecule has 12 rings (SSSR count). The van der Waals surface area contributed by atoms with E-state index in [2.05, 4.69) is 191 Å². The number of fused-ring (bicyclic) bond motifs is 11. The summed E-state index contributed by atoms with van der Waals surface area (Å²) in [4.78, 5) is 0. The number of para-hydroxylation sites is 2. The summed E-state index contributed by atoms with van der Waals surface area (Å²) in [6.07, 6.45) is 6.35. The van der Waals surface area contributed by atoms with E-state index in [4.69, 9.17) is 0 Å². The van der Waals surface area contributed by atoms with Crippen molar-refractivity contribution < 1.29 is 0 Å². The minimum absolute atomic E-state index is 0.0949. The number of nitrogens with zero attached hydrogens (tertiary/aromatic N) is 2. The highest BCUT2D eigenvalue weighted by atomic mass is 15.0. The van der Waals surface area contributed by atoms with E-state index in [1.54, 1.807) is 0 Å². The van der Waals surface area contributed by atoms with Crippen LogP contribution in [-0.2, 0) is 5.41 Å². The Bertz CT molecular complexity index is 3140. The molecule has 1 saturated carbocycles. The summed E-state index contributed by atoms with van der Waals surface area (Å²) in [6, 6.07) is 68.0. The molecule has 266 valence electrons. The lowest BCUT2D eigenvalue weighted by Gasteiger charge is -2.36. The highest BCUT2D eigenvalue weighted by Crippen LogP contribution is 2.57. The van der Waals surface area contributed by atoms with Gasteiger partial charge in [-0.1, -0.05) is 141 Å². The number of hydrogen-bond acceptors (Lipinski definition) is 0. The second-order valence-electron chi connectivity index (χ2n) is 16.0. The predicted molar refractivity (Wildman–Crippen MR) is 235 cm³/mol. The third-order valence-electron chi connectivity index (χ3n) is 13.1. The van der Waals surface area contributed by atoms with E-state index < -0.39 is 0 Å². The molecule has 0 saturated heterocycles. The van der Waals surface area contributed by atoms with Crippen molar-refractivity contribution in [2.24, 2.45) is 0 Å². The summed E-state index contributed by atoms with van der Waals surface area (Å²) in [7, 11) is 0. The van der Waals surface area contributed by atoms with Gasteiger partial charge in [0.05, 0.1) is 22.1 Å². The van der Waals surface area contributed by atoms with Crippen molar-refractivity contribution in [1.29, 1.82) is 0 Å². The second kappa shape index (κ2) is 12.2. The fourth-order valence-electron chi connectivity index (χ4n) is 10.6. The molecule has 2 nitrogen and oxygen atoms in total. The normalized spacial score (nSPS) is 14.6. The first-order valence-electron chi connectivity index (χ1n) is 20.2. The van der Waals surface area contributed by atoms with E-state index >= 15 is 0 Å². The van der Waals surface area contributed by atoms with Gasteiger partial charge in [-0.2, -0.15) is 0 Å². The van der Waals surface area contributed by atoms with Crippen LogP contribution in [0.25, 0.3) is 88.4 Å². The van der Waals surface area contributed by atoms with Crippen LogP contribution in [-0.4, -0.2) is 9.13 Å². The Labute approximate surface area is 326 Å². The Balaban J connectivity index is 1.10. The van der Waals surface area contributed by atoms with Crippen molar-refractivity contribution in [3.05, 3.63) is 193 Å². The Morgan fingerprint density at radius 1 is 0.321 bits per heavy atom. The van der Waals surface area contributed by atoms with E-state index in [1.807, 2.05) is 0 Å². The molecule has 0 atom stereocenters. The van der Waals surface area contributed by atoms with Gasteiger partial charge >= 0.3 is 0 Å². The van der Waals surface area contributed by atoms with Crippen LogP contribution in [0.1, 0.15) is 43.2 Å². The SMILES string of the molecule is c1ccc(-c2ccc(-n3c4ccc(-c5ccc6c7ccccc7n(-c7ccccc7)c6c5)cc4c4cc5c(cc43)-c3ccccc3C53CCCCC3)cc2)cc1. The summed E-state index contributed by atoms with van der Waals surface area (Å²) < 4.78 is 4.93. The first-order valence-corrected chi connectivity index (χ1v) is 20.2. The van der Waals surface area contributed by atoms with Crippen LogP contribution in [0.2, 0.25) is 0 Å². The van der Waals surface area contributed by atoms with E-state index in [9.17, 15) is 0 Å². The standard InChI is InChI=1S/C54H40N2/c1-4-14-36(15-5-1)37-22-26-41(27-23-37)56-51-29-25-38(39-24-28-44-43-19-9-11-21-50(43)55(52(44)33-39)40-16-6-2-7-17-40)32-46(51)47-34-49-45(35-53(47)56)42-18-8-10-20-48(42)54(49)30-12-3-13-31-54/h1-2,4-11,14-29,32-35H,3,12-13,30-31H2. The molecular weight excluding hydrogens is 677 g/mol. The van der Waals surface area contributed by atoms with Gasteiger partial charge < -0.3 is 9.13 Å². The zero-order valence-corrected chi connectivity index (χ0v) is 31.3. The number of hydrogen-bond donors (Lipinski definition) is 0. The minimum Gasteiger partial charge on any atom is -0.309 e. The van der Waals surface area contributed by atoms with Crippen molar-refractivity contribution in [2.75, 3.05) is 0 Å². The highest BCUT2D eigenvalue weighted by molar-refractivity contribution is 6.14. The van der Waals surface area contributed by atoms with Crippen LogP contribution < -0.4 is 0 Å². The molecule has 2 aliphatic carbocycles. The van der Waals surface area contributed by atoms with E-state index in [0.29, 0.717) is 0 Å². The van der Waals surface area contributed by atoms with Gasteiger partial charge in [0.2, 0.25) is 0 Å². The van der Waals surface area contributed by atoms with E-state index in [-0.39, 0.29) is 5.41 Å². The van der Waals surface area contributed by atoms with E-state index in [1.165, 1.54) is 132 Å². The van der Waals surface area contributed by atoms with Gasteiger partial charge in [-0.25, -0.2) is 0 Å². The maximum absolute atomic E-state index is 2.60. The molecule has 1 spiro atoms. The van der Waals surface area contributed by atoms with Gasteiger partial charge in [0, 0.05) is 38.3 Å². The summed E-state index contributed by atoms with van der Waals surface area (Å²) in [6.45, 7) is 0. The third-order valence-corrected chi connectivity index (χ3v) is 13.1. The topological polar surface area (TPSA) is 9.86 Å². The van der Waals surface area contributed by atoms with Gasteiger partial charge in [-0.05, 0) is 118 Å². The number of benzene rings is 8. The molecule has 2 aromatic heterocycles. The van der Waals surface area contributed by atoms with Crippen LogP contribution >= 0.6 is 0 Å². The Morgan fingerprint density at radius 2 is 0.893 bits per heavy atom. The van der Waals surface area contributed by atoms with Crippen molar-refractivity contribution >= 4 is 43.6 Å². The largest absolute Gasteiger partial charge is 0.309 e. The fourth-order valence-corrected chi connectivity index (χ4v) is 10.6. The smallest absolute Gasteiger partial charge is 0.0547 e. The molecule has 1 fully saturated rings. The van der Waals surface area contributed by atoms with Crippen molar-refractivity contribution in [1.82, 2.24) is 9.13 Å². The zero-order valence-electron chi connectivity index (χ0n) is 31.3. The Morgan fingerprint density at radius 3 is 1.71 bits per heavy atom. The molecule has 0 amide bonds. The van der Waals surface area contributed by atoms with Crippen molar-refractivity contribution in [3.8, 4) is 44.8 Å². The van der Waals surface area contributed by atoms with Crippen LogP contribution in [0.5, 0.6) is 0 Å². The van der Waals surface area contributed by atoms with Gasteiger partial charge in [0.15, 0.2) is 0 Å². The fraction of sp³-hybridized carbons (Fsp3) is 0.111. The quantitative estimate of drug-likeness (QED) is 0.172. The molecule has 0 N–H and O–H groups in total. The maximum Gasteiger partial charge on any atom is 0.0547 e. The van der Waals surface area contributed by atoms with Crippen molar-refractivity contribution in [2.45, 2.75) is 37.5 Å². The summed E-state index contributed by atoms with van der Waals surface area (Å²) in [5.74, 6) is 0. The Kier molecular flexibility index (Phi) is 6.89. The third kappa shape index (κ3) is 4.56. The molecule has 10 aromatic rings. The molecule has 0 bridgehead atoms. The average molecular weight is 717 g/mol. The molecule has 56 heavy (non-hydrogen) atoms. The Hall–Kier alpha value is -6.64. The summed E-state index contributed by atoms with van der Waals surface area (Å²) in [5.41, 5.74) is 18.3. The molecule has 8 aromatic carbocycles. The molecule has 2 heterocycles. The van der Waals surface area contributed by atoms with Gasteiger partial charge in [-0.3, -0.25) is 0 Å². The van der Waals surface area contributed by atoms with Crippen LogP contribution in [0.4, 0.5) is 0 Å². The maximum atomic E-state index is 2.60. The molecular formula is C54H40N2. The van der Waals surface area contributed by atoms with E-state index in [0.717, 1.165) is 0 Å². The molecule has 2 heteroatoms. The lowest BCUT2D eigenvalue weighted by atomic mass is 9.68. The average Bonchev–Trinajstić information content (AvgIpc) is 3.87. The number of rotatable bonds is 4. The van der Waals surface area contributed by atoms with Crippen molar-refractivity contribution in [3.63, 3.8) is 0 Å². The molecule has 2 aliphatic rings. The lowest BCUT2D eigenvalue weighted by molar-refractivity contribution is 0.353. The summed E-state index contributed by atoms with van der Waals surface area (Å²) in [5, 5.41) is 5.20. The molecule has 0 aliphatic heterocycles. The predicted octanol–water partition coefficient (Wildman–Crippen LogP) is 14.4. The first kappa shape index (κ1) is 31.7. The zero-order chi connectivity index (χ0) is 36.8. The highest BCUT2D eigenvalue weighted by Gasteiger charge is 2.44. The first-order chi connectivity index (χ1) is 27.7. The minimum atomic E-state index is 0.0949. The van der Waals surface area contributed by atoms with Crippen LogP contribution in [0, 0.1) is 0 Å². The van der Waals surface area contributed by atoms with Crippen LogP contribution in [0.15, 0.2) is 182 Å². The van der Waals surface area contributed by atoms with Gasteiger partial charge in [-0.15, -0.1) is 0 Å². The number of aromatic nitrogens is 2. The van der Waals surface area contributed by atoms with Crippen LogP contribution in [0.3, 0.4) is 0 Å². The van der Waals surface area contributed by atoms with Gasteiger partial charge in [0.1, 0.15) is 0 Å². The second-order valence-corrected chi connectivity index (χ2v) is 16.0. The molecule has 0 unspecified atom stereocenters. The lowest BCUT2D eigenvalue weighted by Crippen LogP contribution is -2.27. The monoisotopic (exact) mass is 716 g/mol.